The van der Waals surface area contributed by atoms with Crippen molar-refractivity contribution in [1.82, 2.24) is 24.4 Å². The minimum absolute atomic E-state index is 0.0271. The van der Waals surface area contributed by atoms with E-state index in [1.807, 2.05) is 23.3 Å². The molecule has 1 unspecified atom stereocenters. The Bertz CT molecular complexity index is 697. The van der Waals surface area contributed by atoms with E-state index in [2.05, 4.69) is 21.9 Å². The number of fused-ring (bicyclic) bond motifs is 1. The zero-order chi connectivity index (χ0) is 15.7. The highest BCUT2D eigenvalue weighted by Gasteiger charge is 2.28. The summed E-state index contributed by atoms with van der Waals surface area (Å²) in [5.74, 6) is 1.58. The number of aromatic nitrogens is 4. The first-order valence-corrected chi connectivity index (χ1v) is 7.76. The molecule has 0 aliphatic carbocycles. The number of likely N-dealkylation sites (tertiary alicyclic amines) is 1. The van der Waals surface area contributed by atoms with Crippen molar-refractivity contribution in [2.75, 3.05) is 13.1 Å². The molecule has 2 aromatic heterocycles. The maximum absolute atomic E-state index is 11.7. The lowest BCUT2D eigenvalue weighted by atomic mass is 10.3. The summed E-state index contributed by atoms with van der Waals surface area (Å²) in [7, 11) is 0. The van der Waals surface area contributed by atoms with Gasteiger partial charge < -0.3 is 14.2 Å². The molecule has 22 heavy (non-hydrogen) atoms. The van der Waals surface area contributed by atoms with Crippen LogP contribution >= 0.6 is 0 Å². The van der Waals surface area contributed by atoms with Gasteiger partial charge in [-0.15, -0.1) is 0 Å². The maximum Gasteiger partial charge on any atom is 0.245 e. The summed E-state index contributed by atoms with van der Waals surface area (Å²) in [6, 6.07) is 0. The highest BCUT2D eigenvalue weighted by atomic mass is 16.5. The Kier molecular flexibility index (Phi) is 3.96. The van der Waals surface area contributed by atoms with Gasteiger partial charge in [0, 0.05) is 25.9 Å². The average molecular weight is 303 g/mol. The Hall–Kier alpha value is -2.18. The van der Waals surface area contributed by atoms with Crippen LogP contribution < -0.4 is 4.74 Å². The van der Waals surface area contributed by atoms with E-state index in [1.165, 1.54) is 6.33 Å². The number of carbonyl (C=O) groups is 1. The van der Waals surface area contributed by atoms with Crippen molar-refractivity contribution in [2.24, 2.45) is 0 Å². The molecule has 3 heterocycles. The van der Waals surface area contributed by atoms with Crippen LogP contribution in [0.5, 0.6) is 5.88 Å². The maximum atomic E-state index is 11.7. The van der Waals surface area contributed by atoms with Crippen molar-refractivity contribution < 1.29 is 9.53 Å². The van der Waals surface area contributed by atoms with Gasteiger partial charge in [0.2, 0.25) is 11.8 Å². The zero-order valence-corrected chi connectivity index (χ0v) is 13.2. The molecule has 7 heteroatoms. The number of hydrogen-bond acceptors (Lipinski definition) is 5. The largest absolute Gasteiger partial charge is 0.471 e. The number of aryl methyl sites for hydroxylation is 2. The van der Waals surface area contributed by atoms with Crippen LogP contribution in [-0.2, 0) is 11.3 Å². The van der Waals surface area contributed by atoms with Gasteiger partial charge in [-0.3, -0.25) is 4.79 Å². The molecule has 2 aromatic rings. The van der Waals surface area contributed by atoms with Crippen molar-refractivity contribution in [3.8, 4) is 5.88 Å². The Balaban J connectivity index is 1.82. The van der Waals surface area contributed by atoms with E-state index >= 15 is 0 Å². The topological polar surface area (TPSA) is 73.1 Å². The Labute approximate surface area is 129 Å². The molecule has 1 aliphatic rings. The molecule has 1 fully saturated rings. The molecule has 0 spiro atoms. The molecule has 3 rings (SSSR count). The second-order valence-electron chi connectivity index (χ2n) is 5.48. The van der Waals surface area contributed by atoms with Crippen LogP contribution in [0.25, 0.3) is 11.2 Å². The molecule has 118 valence electrons. The predicted molar refractivity (Wildman–Crippen MR) is 81.6 cm³/mol. The van der Waals surface area contributed by atoms with Gasteiger partial charge in [0.1, 0.15) is 18.3 Å². The van der Waals surface area contributed by atoms with Gasteiger partial charge in [-0.05, 0) is 13.8 Å². The molecular formula is C15H21N5O2. The normalized spacial score (nSPS) is 18.1. The van der Waals surface area contributed by atoms with Crippen molar-refractivity contribution in [1.29, 1.82) is 0 Å². The van der Waals surface area contributed by atoms with Gasteiger partial charge in [-0.2, -0.15) is 4.98 Å². The summed E-state index contributed by atoms with van der Waals surface area (Å²) in [5, 5.41) is 0. The summed E-state index contributed by atoms with van der Waals surface area (Å²) in [6.07, 6.45) is 2.84. The van der Waals surface area contributed by atoms with E-state index in [0.29, 0.717) is 24.4 Å². The summed E-state index contributed by atoms with van der Waals surface area (Å²) < 4.78 is 8.04. The summed E-state index contributed by atoms with van der Waals surface area (Å²) in [4.78, 5) is 26.7. The van der Waals surface area contributed by atoms with Crippen LogP contribution in [0, 0.1) is 6.92 Å². The first kappa shape index (κ1) is 14.7. The predicted octanol–water partition coefficient (Wildman–Crippen LogP) is 1.54. The van der Waals surface area contributed by atoms with E-state index in [-0.39, 0.29) is 12.0 Å². The fraction of sp³-hybridized carbons (Fsp3) is 0.600. The summed E-state index contributed by atoms with van der Waals surface area (Å²) in [6.45, 7) is 8.05. The van der Waals surface area contributed by atoms with E-state index in [4.69, 9.17) is 4.74 Å². The molecule has 0 bridgehead atoms. The van der Waals surface area contributed by atoms with Gasteiger partial charge in [0.15, 0.2) is 11.2 Å². The molecular weight excluding hydrogens is 282 g/mol. The number of nitrogens with zero attached hydrogens (tertiary/aromatic N) is 5. The van der Waals surface area contributed by atoms with E-state index in [9.17, 15) is 4.79 Å². The lowest BCUT2D eigenvalue weighted by Crippen LogP contribution is -2.30. The van der Waals surface area contributed by atoms with Gasteiger partial charge >= 0.3 is 0 Å². The van der Waals surface area contributed by atoms with E-state index in [1.54, 1.807) is 0 Å². The second-order valence-corrected chi connectivity index (χ2v) is 5.48. The molecule has 7 nitrogen and oxygen atoms in total. The highest BCUT2D eigenvalue weighted by Crippen LogP contribution is 2.24. The third kappa shape index (κ3) is 2.51. The number of ether oxygens (including phenoxy) is 1. The standard InChI is InChI=1S/C15H21N5O2/c1-4-12(21)19-7-6-11(8-19)22-15-13-14(16-9-17-15)20(5-2)10(3)18-13/h9,11H,4-8H2,1-3H3. The van der Waals surface area contributed by atoms with Gasteiger partial charge in [-0.25, -0.2) is 9.97 Å². The number of carbonyl (C=O) groups excluding carboxylic acids is 1. The second kappa shape index (κ2) is 5.90. The Morgan fingerprint density at radius 1 is 1.41 bits per heavy atom. The van der Waals surface area contributed by atoms with Crippen LogP contribution in [0.4, 0.5) is 0 Å². The Morgan fingerprint density at radius 2 is 2.23 bits per heavy atom. The lowest BCUT2D eigenvalue weighted by molar-refractivity contribution is -0.130. The van der Waals surface area contributed by atoms with Crippen LogP contribution in [0.2, 0.25) is 0 Å². The summed E-state index contributed by atoms with van der Waals surface area (Å²) >= 11 is 0. The number of hydrogen-bond donors (Lipinski definition) is 0. The smallest absolute Gasteiger partial charge is 0.245 e. The molecule has 0 aromatic carbocycles. The van der Waals surface area contributed by atoms with Gasteiger partial charge in [0.05, 0.1) is 6.54 Å². The lowest BCUT2D eigenvalue weighted by Gasteiger charge is -2.16. The van der Waals surface area contributed by atoms with Crippen molar-refractivity contribution >= 4 is 17.1 Å². The third-order valence-electron chi connectivity index (χ3n) is 4.08. The van der Waals surface area contributed by atoms with E-state index in [0.717, 1.165) is 31.0 Å². The summed E-state index contributed by atoms with van der Waals surface area (Å²) in [5.41, 5.74) is 1.49. The highest BCUT2D eigenvalue weighted by molar-refractivity contribution is 5.77. The minimum Gasteiger partial charge on any atom is -0.471 e. The number of rotatable bonds is 4. The molecule has 1 atom stereocenters. The molecule has 0 N–H and O–H groups in total. The first-order chi connectivity index (χ1) is 10.6. The van der Waals surface area contributed by atoms with Crippen LogP contribution in [0.15, 0.2) is 6.33 Å². The third-order valence-corrected chi connectivity index (χ3v) is 4.08. The monoisotopic (exact) mass is 303 g/mol. The first-order valence-electron chi connectivity index (χ1n) is 7.76. The van der Waals surface area contributed by atoms with Crippen molar-refractivity contribution in [3.05, 3.63) is 12.2 Å². The Morgan fingerprint density at radius 3 is 2.95 bits per heavy atom. The quantitative estimate of drug-likeness (QED) is 0.856. The number of amides is 1. The SMILES string of the molecule is CCC(=O)N1CCC(Oc2ncnc3c2nc(C)n3CC)C1. The molecule has 1 aliphatic heterocycles. The molecule has 1 amide bonds. The minimum atomic E-state index is -0.0271. The van der Waals surface area contributed by atoms with Crippen molar-refractivity contribution in [2.45, 2.75) is 46.3 Å². The number of imidazole rings is 1. The van der Waals surface area contributed by atoms with Crippen LogP contribution in [0.3, 0.4) is 0 Å². The zero-order valence-electron chi connectivity index (χ0n) is 13.2. The fourth-order valence-electron chi connectivity index (χ4n) is 2.92. The molecule has 0 saturated carbocycles. The average Bonchev–Trinajstić information content (AvgIpc) is 3.10. The van der Waals surface area contributed by atoms with Crippen LogP contribution in [0.1, 0.15) is 32.5 Å². The molecule has 0 radical (unpaired) electrons. The fourth-order valence-corrected chi connectivity index (χ4v) is 2.92. The van der Waals surface area contributed by atoms with Gasteiger partial charge in [0.25, 0.3) is 0 Å². The van der Waals surface area contributed by atoms with Crippen molar-refractivity contribution in [3.63, 3.8) is 0 Å². The van der Waals surface area contributed by atoms with Crippen LogP contribution in [-0.4, -0.2) is 49.5 Å². The molecule has 1 saturated heterocycles. The van der Waals surface area contributed by atoms with E-state index < -0.39 is 0 Å². The van der Waals surface area contributed by atoms with Gasteiger partial charge in [-0.1, -0.05) is 6.92 Å².